The fraction of sp³-hybridized carbons (Fsp3) is 0.0455. The maximum atomic E-state index is 12.8. The van der Waals surface area contributed by atoms with E-state index in [9.17, 15) is 14.7 Å². The van der Waals surface area contributed by atoms with E-state index in [1.807, 2.05) is 0 Å². The average Bonchev–Trinajstić information content (AvgIpc) is 3.18. The largest absolute Gasteiger partial charge is 0.479 e. The molecule has 1 atom stereocenters. The number of thiophene rings is 1. The minimum absolute atomic E-state index is 0.200. The fourth-order valence-electron chi connectivity index (χ4n) is 3.14. The summed E-state index contributed by atoms with van der Waals surface area (Å²) in [6.45, 7) is 0. The maximum Gasteiger partial charge on any atom is 0.331 e. The van der Waals surface area contributed by atoms with Crippen LogP contribution < -0.4 is 10.9 Å². The van der Waals surface area contributed by atoms with Crippen LogP contribution in [0.25, 0.3) is 16.5 Å². The van der Waals surface area contributed by atoms with Gasteiger partial charge in [0.05, 0.1) is 16.0 Å². The van der Waals surface area contributed by atoms with Crippen molar-refractivity contribution in [1.29, 1.82) is 5.26 Å². The molecule has 8 heteroatoms. The van der Waals surface area contributed by atoms with Gasteiger partial charge in [-0.25, -0.2) is 4.79 Å². The van der Waals surface area contributed by atoms with Crippen LogP contribution in [0.1, 0.15) is 16.5 Å². The fourth-order valence-corrected chi connectivity index (χ4v) is 4.25. The zero-order valence-electron chi connectivity index (χ0n) is 15.4. The highest BCUT2D eigenvalue weighted by molar-refractivity contribution is 7.16. The summed E-state index contributed by atoms with van der Waals surface area (Å²) < 4.78 is 2.03. The quantitative estimate of drug-likeness (QED) is 0.468. The van der Waals surface area contributed by atoms with Crippen molar-refractivity contribution in [2.24, 2.45) is 0 Å². The first-order valence-corrected chi connectivity index (χ1v) is 10.1. The van der Waals surface area contributed by atoms with Crippen LogP contribution >= 0.6 is 22.9 Å². The molecule has 0 aliphatic carbocycles. The summed E-state index contributed by atoms with van der Waals surface area (Å²) in [6, 6.07) is 18.1. The molecular formula is C22H14ClN3O3S. The average molecular weight is 436 g/mol. The molecule has 2 N–H and O–H groups in total. The third-order valence-corrected chi connectivity index (χ3v) is 5.91. The van der Waals surface area contributed by atoms with Gasteiger partial charge in [-0.05, 0) is 66.0 Å². The lowest BCUT2D eigenvalue weighted by molar-refractivity contribution is -0.138. The van der Waals surface area contributed by atoms with E-state index >= 15 is 0 Å². The Labute approximate surface area is 180 Å². The van der Waals surface area contributed by atoms with Crippen LogP contribution in [0, 0.1) is 11.3 Å². The monoisotopic (exact) mass is 435 g/mol. The molecule has 30 heavy (non-hydrogen) atoms. The van der Waals surface area contributed by atoms with E-state index < -0.39 is 12.0 Å². The van der Waals surface area contributed by atoms with Crippen molar-refractivity contribution >= 4 is 45.4 Å². The number of hydrogen-bond acceptors (Lipinski definition) is 5. The molecule has 2 aromatic heterocycles. The van der Waals surface area contributed by atoms with Crippen LogP contribution in [-0.4, -0.2) is 15.6 Å². The summed E-state index contributed by atoms with van der Waals surface area (Å²) in [6.07, 6.45) is 1.65. The van der Waals surface area contributed by atoms with Gasteiger partial charge in [0.1, 0.15) is 0 Å². The second-order valence-corrected chi connectivity index (χ2v) is 8.26. The summed E-state index contributed by atoms with van der Waals surface area (Å²) in [5.41, 5.74) is 1.54. The Morgan fingerprint density at radius 3 is 2.53 bits per heavy atom. The first kappa shape index (κ1) is 19.7. The van der Waals surface area contributed by atoms with E-state index in [-0.39, 0.29) is 5.56 Å². The number of anilines is 1. The molecule has 4 aromatic rings. The third-order valence-electron chi connectivity index (χ3n) is 4.61. The molecule has 4 rings (SSSR count). The van der Waals surface area contributed by atoms with E-state index in [0.29, 0.717) is 36.9 Å². The van der Waals surface area contributed by atoms with Gasteiger partial charge in [0.25, 0.3) is 5.56 Å². The first-order valence-electron chi connectivity index (χ1n) is 8.87. The van der Waals surface area contributed by atoms with Crippen LogP contribution in [0.4, 0.5) is 5.69 Å². The van der Waals surface area contributed by atoms with Crippen molar-refractivity contribution in [3.8, 4) is 11.8 Å². The first-order chi connectivity index (χ1) is 14.5. The predicted molar refractivity (Wildman–Crippen MR) is 118 cm³/mol. The van der Waals surface area contributed by atoms with Gasteiger partial charge in [0.2, 0.25) is 0 Å². The van der Waals surface area contributed by atoms with Crippen LogP contribution in [0.5, 0.6) is 0 Å². The zero-order chi connectivity index (χ0) is 21.3. The van der Waals surface area contributed by atoms with Gasteiger partial charge in [-0.2, -0.15) is 5.26 Å². The van der Waals surface area contributed by atoms with Crippen molar-refractivity contribution in [1.82, 2.24) is 4.57 Å². The third kappa shape index (κ3) is 3.79. The molecule has 2 aromatic carbocycles. The van der Waals surface area contributed by atoms with E-state index in [1.54, 1.807) is 66.9 Å². The second-order valence-electron chi connectivity index (χ2n) is 6.51. The smallest absolute Gasteiger partial charge is 0.331 e. The van der Waals surface area contributed by atoms with Gasteiger partial charge in [0, 0.05) is 27.8 Å². The van der Waals surface area contributed by atoms with Crippen molar-refractivity contribution in [2.45, 2.75) is 6.04 Å². The number of benzene rings is 2. The maximum absolute atomic E-state index is 12.8. The van der Waals surface area contributed by atoms with Crippen molar-refractivity contribution in [2.75, 3.05) is 5.32 Å². The number of carboxylic acids is 1. The minimum Gasteiger partial charge on any atom is -0.479 e. The Balaban J connectivity index is 1.63. The number of nitriles is 1. The number of rotatable bonds is 5. The number of halogens is 1. The van der Waals surface area contributed by atoms with Crippen LogP contribution in [0.3, 0.4) is 0 Å². The predicted octanol–water partition coefficient (Wildman–Crippen LogP) is 4.82. The summed E-state index contributed by atoms with van der Waals surface area (Å²) >= 11 is 7.13. The number of aliphatic carboxylic acids is 1. The number of hydrogen-bond donors (Lipinski definition) is 2. The zero-order valence-corrected chi connectivity index (χ0v) is 16.9. The molecule has 1 unspecified atom stereocenters. The number of nitrogens with one attached hydrogen (secondary N) is 1. The number of pyridine rings is 1. The van der Waals surface area contributed by atoms with E-state index in [4.69, 9.17) is 16.9 Å². The standard InChI is InChI=1S/C22H14ClN3O3S/c23-19-8-7-18(30-19)20(22(28)29)25-15-2-4-16(5-3-15)26-10-9-14-11-13(12-24)1-6-17(14)21(26)27/h1-11,20,25H,(H,28,29). The van der Waals surface area contributed by atoms with Crippen molar-refractivity contribution in [3.63, 3.8) is 0 Å². The van der Waals surface area contributed by atoms with Crippen LogP contribution in [0.15, 0.2) is 71.7 Å². The van der Waals surface area contributed by atoms with E-state index in [2.05, 4.69) is 11.4 Å². The highest BCUT2D eigenvalue weighted by Crippen LogP contribution is 2.29. The Hall–Kier alpha value is -3.60. The Kier molecular flexibility index (Phi) is 5.27. The molecule has 148 valence electrons. The molecule has 0 aliphatic heterocycles. The number of fused-ring (bicyclic) bond motifs is 1. The molecule has 0 radical (unpaired) electrons. The number of nitrogens with zero attached hydrogens (tertiary/aromatic N) is 2. The number of carboxylic acid groups (broad SMARTS) is 1. The molecule has 0 fully saturated rings. The summed E-state index contributed by atoms with van der Waals surface area (Å²) in [7, 11) is 0. The lowest BCUT2D eigenvalue weighted by atomic mass is 10.1. The topological polar surface area (TPSA) is 95.1 Å². The lowest BCUT2D eigenvalue weighted by Crippen LogP contribution is -2.20. The molecule has 0 saturated carbocycles. The molecule has 2 heterocycles. The Morgan fingerprint density at radius 2 is 1.90 bits per heavy atom. The number of carbonyl (C=O) groups is 1. The normalized spacial score (nSPS) is 11.7. The van der Waals surface area contributed by atoms with Gasteiger partial charge in [0.15, 0.2) is 6.04 Å². The van der Waals surface area contributed by atoms with Crippen molar-refractivity contribution in [3.05, 3.63) is 92.0 Å². The lowest BCUT2D eigenvalue weighted by Gasteiger charge is -2.15. The Morgan fingerprint density at radius 1 is 1.13 bits per heavy atom. The molecular weight excluding hydrogens is 422 g/mol. The van der Waals surface area contributed by atoms with Gasteiger partial charge < -0.3 is 10.4 Å². The van der Waals surface area contributed by atoms with Crippen molar-refractivity contribution < 1.29 is 9.90 Å². The molecule has 0 amide bonds. The highest BCUT2D eigenvalue weighted by atomic mass is 35.5. The van der Waals surface area contributed by atoms with Crippen LogP contribution in [0.2, 0.25) is 4.34 Å². The summed E-state index contributed by atoms with van der Waals surface area (Å²) in [5.74, 6) is -1.01. The Bertz CT molecular complexity index is 1350. The van der Waals surface area contributed by atoms with E-state index in [1.165, 1.54) is 15.9 Å². The van der Waals surface area contributed by atoms with Gasteiger partial charge >= 0.3 is 5.97 Å². The summed E-state index contributed by atoms with van der Waals surface area (Å²) in [5, 5.41) is 22.7. The molecule has 0 aliphatic rings. The second kappa shape index (κ2) is 8.03. The molecule has 0 spiro atoms. The summed E-state index contributed by atoms with van der Waals surface area (Å²) in [4.78, 5) is 25.1. The van der Waals surface area contributed by atoms with E-state index in [0.717, 1.165) is 0 Å². The van der Waals surface area contributed by atoms with Gasteiger partial charge in [-0.1, -0.05) is 11.6 Å². The molecule has 0 bridgehead atoms. The number of aromatic nitrogens is 1. The van der Waals surface area contributed by atoms with Gasteiger partial charge in [-0.3, -0.25) is 9.36 Å². The van der Waals surface area contributed by atoms with Crippen LogP contribution in [-0.2, 0) is 4.79 Å². The SMILES string of the molecule is N#Cc1ccc2c(=O)n(-c3ccc(NC(C(=O)O)c4ccc(Cl)s4)cc3)ccc2c1. The molecule has 0 saturated heterocycles. The van der Waals surface area contributed by atoms with Gasteiger partial charge in [-0.15, -0.1) is 11.3 Å². The molecule has 6 nitrogen and oxygen atoms in total. The highest BCUT2D eigenvalue weighted by Gasteiger charge is 2.21. The minimum atomic E-state index is -1.01.